The first-order valence-corrected chi connectivity index (χ1v) is 6.97. The molecular formula is C15H19FN4. The molecule has 0 radical (unpaired) electrons. The molecule has 0 saturated carbocycles. The zero-order chi connectivity index (χ0) is 13.9. The van der Waals surface area contributed by atoms with Crippen LogP contribution in [0, 0.1) is 5.82 Å². The number of halogens is 1. The van der Waals surface area contributed by atoms with E-state index in [2.05, 4.69) is 22.2 Å². The maximum Gasteiger partial charge on any atom is 0.123 e. The van der Waals surface area contributed by atoms with Gasteiger partial charge in [0.25, 0.3) is 0 Å². The minimum Gasteiger partial charge on any atom is -0.314 e. The summed E-state index contributed by atoms with van der Waals surface area (Å²) in [5.41, 5.74) is 1.93. The van der Waals surface area contributed by atoms with Crippen molar-refractivity contribution < 1.29 is 4.39 Å². The van der Waals surface area contributed by atoms with Gasteiger partial charge in [-0.15, -0.1) is 0 Å². The lowest BCUT2D eigenvalue weighted by Crippen LogP contribution is -2.49. The van der Waals surface area contributed by atoms with Gasteiger partial charge in [0.2, 0.25) is 0 Å². The molecule has 3 rings (SSSR count). The van der Waals surface area contributed by atoms with Crippen molar-refractivity contribution in [1.29, 1.82) is 0 Å². The quantitative estimate of drug-likeness (QED) is 0.926. The number of aromatic nitrogens is 2. The van der Waals surface area contributed by atoms with Gasteiger partial charge >= 0.3 is 0 Å². The largest absolute Gasteiger partial charge is 0.314 e. The first-order chi connectivity index (χ1) is 9.72. The standard InChI is InChI=1S/C15H19FN4/c1-12-10-17-7-9-19(12)11-14-6-8-20(18-14)15-4-2-13(16)3-5-15/h2-6,8,12,17H,7,9-11H2,1H3/t12-/m1/s1. The van der Waals surface area contributed by atoms with E-state index < -0.39 is 0 Å². The third kappa shape index (κ3) is 2.89. The van der Waals surface area contributed by atoms with Crippen LogP contribution in [0.25, 0.3) is 5.69 Å². The molecule has 5 heteroatoms. The lowest BCUT2D eigenvalue weighted by molar-refractivity contribution is 0.163. The van der Waals surface area contributed by atoms with Crippen LogP contribution in [0.3, 0.4) is 0 Å². The monoisotopic (exact) mass is 274 g/mol. The van der Waals surface area contributed by atoms with E-state index in [1.54, 1.807) is 16.8 Å². The molecule has 1 aliphatic heterocycles. The highest BCUT2D eigenvalue weighted by molar-refractivity contribution is 5.31. The minimum atomic E-state index is -0.226. The van der Waals surface area contributed by atoms with Gasteiger partial charge in [-0.25, -0.2) is 9.07 Å². The highest BCUT2D eigenvalue weighted by Gasteiger charge is 2.18. The molecule has 0 bridgehead atoms. The molecule has 2 heterocycles. The predicted octanol–water partition coefficient (Wildman–Crippen LogP) is 1.81. The second-order valence-corrected chi connectivity index (χ2v) is 5.25. The molecule has 1 N–H and O–H groups in total. The Hall–Kier alpha value is -1.72. The fourth-order valence-electron chi connectivity index (χ4n) is 2.51. The fourth-order valence-corrected chi connectivity index (χ4v) is 2.51. The number of rotatable bonds is 3. The molecule has 1 aromatic carbocycles. The number of piperazine rings is 1. The molecular weight excluding hydrogens is 255 g/mol. The Kier molecular flexibility index (Phi) is 3.80. The summed E-state index contributed by atoms with van der Waals surface area (Å²) in [5.74, 6) is -0.226. The average molecular weight is 274 g/mol. The van der Waals surface area contributed by atoms with Crippen LogP contribution < -0.4 is 5.32 Å². The van der Waals surface area contributed by atoms with Crippen molar-refractivity contribution in [3.8, 4) is 5.69 Å². The summed E-state index contributed by atoms with van der Waals surface area (Å²) in [6.07, 6.45) is 1.93. The van der Waals surface area contributed by atoms with E-state index in [1.165, 1.54) is 12.1 Å². The van der Waals surface area contributed by atoms with Crippen molar-refractivity contribution in [3.05, 3.63) is 48.0 Å². The molecule has 1 saturated heterocycles. The SMILES string of the molecule is C[C@@H]1CNCCN1Cc1ccn(-c2ccc(F)cc2)n1. The maximum absolute atomic E-state index is 12.9. The molecule has 1 aromatic heterocycles. The molecule has 0 unspecified atom stereocenters. The molecule has 20 heavy (non-hydrogen) atoms. The van der Waals surface area contributed by atoms with Crippen LogP contribution in [0.1, 0.15) is 12.6 Å². The number of nitrogens with one attached hydrogen (secondary N) is 1. The van der Waals surface area contributed by atoms with E-state index in [4.69, 9.17) is 0 Å². The van der Waals surface area contributed by atoms with Gasteiger partial charge in [-0.2, -0.15) is 5.10 Å². The van der Waals surface area contributed by atoms with E-state index in [0.29, 0.717) is 6.04 Å². The van der Waals surface area contributed by atoms with Crippen LogP contribution in [0.2, 0.25) is 0 Å². The van der Waals surface area contributed by atoms with Crippen molar-refractivity contribution in [2.75, 3.05) is 19.6 Å². The van der Waals surface area contributed by atoms with Crippen molar-refractivity contribution in [1.82, 2.24) is 20.0 Å². The Morgan fingerprint density at radius 1 is 1.30 bits per heavy atom. The normalized spacial score (nSPS) is 20.2. The lowest BCUT2D eigenvalue weighted by atomic mass is 10.2. The van der Waals surface area contributed by atoms with Crippen molar-refractivity contribution in [2.45, 2.75) is 19.5 Å². The molecule has 0 aliphatic carbocycles. The van der Waals surface area contributed by atoms with Crippen LogP contribution in [-0.2, 0) is 6.54 Å². The summed E-state index contributed by atoms with van der Waals surface area (Å²) in [4.78, 5) is 2.42. The lowest BCUT2D eigenvalue weighted by Gasteiger charge is -2.33. The van der Waals surface area contributed by atoms with Crippen LogP contribution in [0.4, 0.5) is 4.39 Å². The van der Waals surface area contributed by atoms with Gasteiger partial charge in [-0.1, -0.05) is 0 Å². The van der Waals surface area contributed by atoms with Gasteiger partial charge in [0.1, 0.15) is 5.82 Å². The van der Waals surface area contributed by atoms with Crippen LogP contribution in [-0.4, -0.2) is 40.4 Å². The maximum atomic E-state index is 12.9. The number of hydrogen-bond acceptors (Lipinski definition) is 3. The fraction of sp³-hybridized carbons (Fsp3) is 0.400. The van der Waals surface area contributed by atoms with Gasteiger partial charge < -0.3 is 5.32 Å². The van der Waals surface area contributed by atoms with Gasteiger partial charge in [0, 0.05) is 38.4 Å². The second kappa shape index (κ2) is 5.73. The molecule has 1 aliphatic rings. The molecule has 4 nitrogen and oxygen atoms in total. The zero-order valence-electron chi connectivity index (χ0n) is 11.6. The highest BCUT2D eigenvalue weighted by Crippen LogP contribution is 2.12. The Morgan fingerprint density at radius 2 is 2.10 bits per heavy atom. The van der Waals surface area contributed by atoms with Crippen molar-refractivity contribution in [3.63, 3.8) is 0 Å². The Morgan fingerprint density at radius 3 is 2.85 bits per heavy atom. The third-order valence-corrected chi connectivity index (χ3v) is 3.74. The van der Waals surface area contributed by atoms with Crippen LogP contribution >= 0.6 is 0 Å². The average Bonchev–Trinajstić information content (AvgIpc) is 2.91. The van der Waals surface area contributed by atoms with E-state index in [9.17, 15) is 4.39 Å². The number of nitrogens with zero attached hydrogens (tertiary/aromatic N) is 3. The Balaban J connectivity index is 1.71. The molecule has 1 atom stereocenters. The zero-order valence-corrected chi connectivity index (χ0v) is 11.6. The summed E-state index contributed by atoms with van der Waals surface area (Å²) >= 11 is 0. The summed E-state index contributed by atoms with van der Waals surface area (Å²) in [7, 11) is 0. The van der Waals surface area contributed by atoms with Gasteiger partial charge in [0.15, 0.2) is 0 Å². The third-order valence-electron chi connectivity index (χ3n) is 3.74. The Bertz CT molecular complexity index is 564. The summed E-state index contributed by atoms with van der Waals surface area (Å²) in [6, 6.07) is 8.93. The van der Waals surface area contributed by atoms with Crippen LogP contribution in [0.5, 0.6) is 0 Å². The Labute approximate surface area is 118 Å². The summed E-state index contributed by atoms with van der Waals surface area (Å²) in [6.45, 7) is 6.19. The van der Waals surface area contributed by atoms with E-state index in [0.717, 1.165) is 37.6 Å². The number of hydrogen-bond donors (Lipinski definition) is 1. The molecule has 106 valence electrons. The van der Waals surface area contributed by atoms with Gasteiger partial charge in [-0.05, 0) is 37.3 Å². The topological polar surface area (TPSA) is 33.1 Å². The van der Waals surface area contributed by atoms with Gasteiger partial charge in [-0.3, -0.25) is 4.90 Å². The first kappa shape index (κ1) is 13.3. The molecule has 1 fully saturated rings. The summed E-state index contributed by atoms with van der Waals surface area (Å²) in [5, 5.41) is 7.95. The second-order valence-electron chi connectivity index (χ2n) is 5.25. The smallest absolute Gasteiger partial charge is 0.123 e. The van der Waals surface area contributed by atoms with Gasteiger partial charge in [0.05, 0.1) is 11.4 Å². The molecule has 0 amide bonds. The first-order valence-electron chi connectivity index (χ1n) is 6.97. The molecule has 0 spiro atoms. The highest BCUT2D eigenvalue weighted by atomic mass is 19.1. The predicted molar refractivity (Wildman–Crippen MR) is 76.3 cm³/mol. The van der Waals surface area contributed by atoms with E-state index in [-0.39, 0.29) is 5.82 Å². The number of benzene rings is 1. The molecule has 2 aromatic rings. The van der Waals surface area contributed by atoms with Crippen molar-refractivity contribution >= 4 is 0 Å². The van der Waals surface area contributed by atoms with Crippen molar-refractivity contribution in [2.24, 2.45) is 0 Å². The minimum absolute atomic E-state index is 0.226. The van der Waals surface area contributed by atoms with Crippen LogP contribution in [0.15, 0.2) is 36.5 Å². The van der Waals surface area contributed by atoms with E-state index >= 15 is 0 Å². The summed E-state index contributed by atoms with van der Waals surface area (Å²) < 4.78 is 14.7. The van der Waals surface area contributed by atoms with E-state index in [1.807, 2.05) is 12.3 Å².